The Morgan fingerprint density at radius 2 is 1.77 bits per heavy atom. The van der Waals surface area contributed by atoms with E-state index in [0.717, 1.165) is 52.7 Å². The number of hydrogen-bond acceptors (Lipinski definition) is 2. The normalized spacial score (nSPS) is 14.8. The highest BCUT2D eigenvalue weighted by Crippen LogP contribution is 2.41. The molecule has 134 valence electrons. The first-order chi connectivity index (χ1) is 12.6. The fourth-order valence-corrected chi connectivity index (χ4v) is 4.24. The molecule has 1 fully saturated rings. The standard InChI is InChI=1S/C20H18BrClN2O2/c21-15-12-17-14(11-16(15)22)18(23-9-5-2-6-10-23)19(20(25)26)24(17)13-7-3-1-4-8-13/h1,3-4,7-8,11-12H,2,5-6,9-10H2,(H,25,26). The zero-order chi connectivity index (χ0) is 18.3. The first-order valence-electron chi connectivity index (χ1n) is 8.65. The second-order valence-electron chi connectivity index (χ2n) is 6.50. The number of anilines is 1. The van der Waals surface area contributed by atoms with Crippen LogP contribution in [0.1, 0.15) is 29.8 Å². The van der Waals surface area contributed by atoms with Crippen LogP contribution in [0.3, 0.4) is 0 Å². The van der Waals surface area contributed by atoms with E-state index in [1.807, 2.05) is 47.0 Å². The summed E-state index contributed by atoms with van der Waals surface area (Å²) in [5.41, 5.74) is 2.73. The van der Waals surface area contributed by atoms with Crippen molar-refractivity contribution in [1.82, 2.24) is 4.57 Å². The van der Waals surface area contributed by atoms with Crippen LogP contribution in [0, 0.1) is 0 Å². The molecule has 2 heterocycles. The van der Waals surface area contributed by atoms with Crippen molar-refractivity contribution in [3.05, 3.63) is 57.7 Å². The van der Waals surface area contributed by atoms with Gasteiger partial charge in [-0.1, -0.05) is 29.8 Å². The van der Waals surface area contributed by atoms with Crippen LogP contribution in [0.25, 0.3) is 16.6 Å². The van der Waals surface area contributed by atoms with Gasteiger partial charge in [0.05, 0.1) is 16.2 Å². The van der Waals surface area contributed by atoms with Crippen molar-refractivity contribution in [3.8, 4) is 5.69 Å². The molecule has 3 aromatic rings. The van der Waals surface area contributed by atoms with Gasteiger partial charge in [0.15, 0.2) is 5.69 Å². The van der Waals surface area contributed by atoms with E-state index < -0.39 is 5.97 Å². The predicted molar refractivity (Wildman–Crippen MR) is 109 cm³/mol. The summed E-state index contributed by atoms with van der Waals surface area (Å²) in [5.74, 6) is -0.933. The van der Waals surface area contributed by atoms with E-state index in [9.17, 15) is 9.90 Å². The number of carbonyl (C=O) groups is 1. The van der Waals surface area contributed by atoms with Crippen molar-refractivity contribution < 1.29 is 9.90 Å². The number of nitrogens with zero attached hydrogens (tertiary/aromatic N) is 2. The fourth-order valence-electron chi connectivity index (χ4n) is 3.74. The van der Waals surface area contributed by atoms with Gasteiger partial charge in [0.1, 0.15) is 0 Å². The molecule has 1 N–H and O–H groups in total. The van der Waals surface area contributed by atoms with Gasteiger partial charge in [-0.15, -0.1) is 0 Å². The number of piperidine rings is 1. The highest BCUT2D eigenvalue weighted by molar-refractivity contribution is 9.10. The molecule has 4 rings (SSSR count). The topological polar surface area (TPSA) is 45.5 Å². The molecule has 2 aromatic carbocycles. The third-order valence-electron chi connectivity index (χ3n) is 4.87. The molecule has 0 bridgehead atoms. The van der Waals surface area contributed by atoms with Gasteiger partial charge in [-0.3, -0.25) is 0 Å². The van der Waals surface area contributed by atoms with Crippen molar-refractivity contribution in [1.29, 1.82) is 0 Å². The summed E-state index contributed by atoms with van der Waals surface area (Å²) >= 11 is 9.85. The zero-order valence-corrected chi connectivity index (χ0v) is 16.4. The summed E-state index contributed by atoms with van der Waals surface area (Å²) in [6.45, 7) is 1.73. The molecule has 0 saturated carbocycles. The SMILES string of the molecule is O=C(O)c1c(N2CCCCC2)c2cc(Cl)c(Br)cc2n1-c1ccccc1. The Balaban J connectivity index is 2.10. The van der Waals surface area contributed by atoms with Crippen LogP contribution in [-0.4, -0.2) is 28.7 Å². The second-order valence-corrected chi connectivity index (χ2v) is 7.77. The van der Waals surface area contributed by atoms with E-state index in [4.69, 9.17) is 11.6 Å². The Hall–Kier alpha value is -1.98. The Morgan fingerprint density at radius 3 is 2.42 bits per heavy atom. The molecule has 26 heavy (non-hydrogen) atoms. The quantitative estimate of drug-likeness (QED) is 0.573. The van der Waals surface area contributed by atoms with Crippen LogP contribution >= 0.6 is 27.5 Å². The maximum absolute atomic E-state index is 12.3. The average molecular weight is 434 g/mol. The monoisotopic (exact) mass is 432 g/mol. The van der Waals surface area contributed by atoms with Gasteiger partial charge in [-0.05, 0) is 59.5 Å². The molecule has 1 aliphatic heterocycles. The van der Waals surface area contributed by atoms with E-state index in [2.05, 4.69) is 20.8 Å². The number of rotatable bonds is 3. The molecule has 1 aliphatic rings. The second kappa shape index (κ2) is 6.97. The van der Waals surface area contributed by atoms with Crippen molar-refractivity contribution in [2.75, 3.05) is 18.0 Å². The van der Waals surface area contributed by atoms with E-state index in [1.165, 1.54) is 6.42 Å². The molecule has 4 nitrogen and oxygen atoms in total. The number of aromatic nitrogens is 1. The lowest BCUT2D eigenvalue weighted by Crippen LogP contribution is -2.30. The molecular formula is C20H18BrClN2O2. The summed E-state index contributed by atoms with van der Waals surface area (Å²) in [6, 6.07) is 13.4. The van der Waals surface area contributed by atoms with Gasteiger partial charge in [-0.25, -0.2) is 4.79 Å². The number of fused-ring (bicyclic) bond motifs is 1. The van der Waals surface area contributed by atoms with Crippen molar-refractivity contribution in [2.45, 2.75) is 19.3 Å². The van der Waals surface area contributed by atoms with Gasteiger partial charge in [0.2, 0.25) is 0 Å². The summed E-state index contributed by atoms with van der Waals surface area (Å²) in [6.07, 6.45) is 3.32. The lowest BCUT2D eigenvalue weighted by Gasteiger charge is -2.29. The number of aromatic carboxylic acids is 1. The lowest BCUT2D eigenvalue weighted by atomic mass is 10.1. The maximum atomic E-state index is 12.3. The van der Waals surface area contributed by atoms with E-state index in [1.54, 1.807) is 0 Å². The highest BCUT2D eigenvalue weighted by atomic mass is 79.9. The third kappa shape index (κ3) is 2.89. The number of para-hydroxylation sites is 1. The Bertz CT molecular complexity index is 979. The summed E-state index contributed by atoms with van der Waals surface area (Å²) in [7, 11) is 0. The maximum Gasteiger partial charge on any atom is 0.355 e. The summed E-state index contributed by atoms with van der Waals surface area (Å²) < 4.78 is 2.58. The molecule has 6 heteroatoms. The third-order valence-corrected chi connectivity index (χ3v) is 6.07. The van der Waals surface area contributed by atoms with E-state index in [0.29, 0.717) is 10.7 Å². The Morgan fingerprint density at radius 1 is 1.08 bits per heavy atom. The molecule has 0 amide bonds. The Kier molecular flexibility index (Phi) is 4.67. The molecule has 0 unspecified atom stereocenters. The van der Waals surface area contributed by atoms with E-state index in [-0.39, 0.29) is 0 Å². The van der Waals surface area contributed by atoms with Crippen molar-refractivity contribution >= 4 is 50.1 Å². The van der Waals surface area contributed by atoms with Gasteiger partial charge < -0.3 is 14.6 Å². The molecule has 0 radical (unpaired) electrons. The van der Waals surface area contributed by atoms with Crippen molar-refractivity contribution in [3.63, 3.8) is 0 Å². The number of carboxylic acid groups (broad SMARTS) is 1. The average Bonchev–Trinajstić information content (AvgIpc) is 2.98. The van der Waals surface area contributed by atoms with Crippen LogP contribution < -0.4 is 4.90 Å². The fraction of sp³-hybridized carbons (Fsp3) is 0.250. The smallest absolute Gasteiger partial charge is 0.355 e. The Labute approximate surface area is 165 Å². The largest absolute Gasteiger partial charge is 0.476 e. The number of hydrogen-bond donors (Lipinski definition) is 1. The minimum absolute atomic E-state index is 0.294. The first-order valence-corrected chi connectivity index (χ1v) is 9.82. The minimum Gasteiger partial charge on any atom is -0.476 e. The van der Waals surface area contributed by atoms with Crippen LogP contribution in [0.2, 0.25) is 5.02 Å². The molecule has 1 aromatic heterocycles. The summed E-state index contributed by atoms with van der Waals surface area (Å²) in [5, 5.41) is 11.5. The van der Waals surface area contributed by atoms with Gasteiger partial charge >= 0.3 is 5.97 Å². The van der Waals surface area contributed by atoms with Crippen LogP contribution in [0.4, 0.5) is 5.69 Å². The minimum atomic E-state index is -0.933. The van der Waals surface area contributed by atoms with Gasteiger partial charge in [-0.2, -0.15) is 0 Å². The molecular weight excluding hydrogens is 416 g/mol. The van der Waals surface area contributed by atoms with Crippen LogP contribution in [-0.2, 0) is 0 Å². The number of carboxylic acids is 1. The molecule has 0 aliphatic carbocycles. The first kappa shape index (κ1) is 17.4. The van der Waals surface area contributed by atoms with Crippen molar-refractivity contribution in [2.24, 2.45) is 0 Å². The van der Waals surface area contributed by atoms with E-state index >= 15 is 0 Å². The highest BCUT2D eigenvalue weighted by Gasteiger charge is 2.28. The zero-order valence-electron chi connectivity index (χ0n) is 14.1. The summed E-state index contributed by atoms with van der Waals surface area (Å²) in [4.78, 5) is 14.5. The lowest BCUT2D eigenvalue weighted by molar-refractivity contribution is 0.0689. The van der Waals surface area contributed by atoms with Gasteiger partial charge in [0.25, 0.3) is 0 Å². The van der Waals surface area contributed by atoms with Crippen LogP contribution in [0.15, 0.2) is 46.9 Å². The molecule has 1 saturated heterocycles. The number of benzene rings is 2. The molecule has 0 spiro atoms. The van der Waals surface area contributed by atoms with Crippen LogP contribution in [0.5, 0.6) is 0 Å². The van der Waals surface area contributed by atoms with Gasteiger partial charge in [0, 0.05) is 28.6 Å². The molecule has 0 atom stereocenters. The predicted octanol–water partition coefficient (Wildman–Crippen LogP) is 5.73. The number of halogens is 2.